The van der Waals surface area contributed by atoms with Crippen molar-refractivity contribution in [2.24, 2.45) is 5.92 Å². The van der Waals surface area contributed by atoms with Crippen molar-refractivity contribution in [1.82, 2.24) is 25.3 Å². The van der Waals surface area contributed by atoms with E-state index in [2.05, 4.69) is 25.9 Å². The number of tetrazole rings is 1. The lowest BCUT2D eigenvalue weighted by Gasteiger charge is -2.31. The third-order valence-corrected chi connectivity index (χ3v) is 3.51. The maximum absolute atomic E-state index is 13.7. The fraction of sp³-hybridized carbons (Fsp3) is 0.636. The van der Waals surface area contributed by atoms with Crippen molar-refractivity contribution in [1.29, 1.82) is 0 Å². The number of aromatic nitrogens is 5. The molecule has 1 N–H and O–H groups in total. The number of nitrogens with zero attached hydrogens (tertiary/aromatic N) is 5. The van der Waals surface area contributed by atoms with Crippen LogP contribution in [0.25, 0.3) is 5.65 Å². The van der Waals surface area contributed by atoms with Crippen molar-refractivity contribution in [2.45, 2.75) is 31.6 Å². The third kappa shape index (κ3) is 2.47. The van der Waals surface area contributed by atoms with Gasteiger partial charge < -0.3 is 5.32 Å². The summed E-state index contributed by atoms with van der Waals surface area (Å²) in [5, 5.41) is 17.9. The van der Waals surface area contributed by atoms with Gasteiger partial charge in [-0.15, -0.1) is 14.8 Å². The lowest BCUT2D eigenvalue weighted by molar-refractivity contribution is -0.0802. The van der Waals surface area contributed by atoms with Crippen molar-refractivity contribution in [3.8, 4) is 0 Å². The van der Waals surface area contributed by atoms with Gasteiger partial charge in [0.05, 0.1) is 0 Å². The van der Waals surface area contributed by atoms with E-state index in [1.54, 1.807) is 12.1 Å². The van der Waals surface area contributed by atoms with Crippen LogP contribution in [0.5, 0.6) is 0 Å². The maximum Gasteiger partial charge on any atom is 0.252 e. The minimum Gasteiger partial charge on any atom is -0.368 e. The fourth-order valence-corrected chi connectivity index (χ4v) is 2.39. The molecular formula is C11H14F2N6. The summed E-state index contributed by atoms with van der Waals surface area (Å²) in [6, 6.07) is 3.38. The Hall–Kier alpha value is -1.86. The summed E-state index contributed by atoms with van der Waals surface area (Å²) in [6.45, 7) is 0.216. The largest absolute Gasteiger partial charge is 0.368 e. The smallest absolute Gasteiger partial charge is 0.252 e. The second kappa shape index (κ2) is 4.67. The molecule has 19 heavy (non-hydrogen) atoms. The minimum absolute atomic E-state index is 0.0151. The summed E-state index contributed by atoms with van der Waals surface area (Å²) in [7, 11) is 0. The van der Waals surface area contributed by atoms with E-state index in [9.17, 15) is 8.78 Å². The van der Waals surface area contributed by atoms with E-state index in [-0.39, 0.29) is 13.0 Å². The SMILES string of the molecule is FC1(F)CCCCC1CNc1ccc2nnnn2n1. The van der Waals surface area contributed by atoms with Crippen LogP contribution in [-0.4, -0.2) is 37.7 Å². The highest BCUT2D eigenvalue weighted by Gasteiger charge is 2.40. The first-order valence-electron chi connectivity index (χ1n) is 6.32. The molecule has 0 bridgehead atoms. The Morgan fingerprint density at radius 3 is 3.11 bits per heavy atom. The lowest BCUT2D eigenvalue weighted by atomic mass is 9.85. The highest BCUT2D eigenvalue weighted by Crippen LogP contribution is 2.38. The Morgan fingerprint density at radius 2 is 2.26 bits per heavy atom. The van der Waals surface area contributed by atoms with Gasteiger partial charge in [-0.05, 0) is 35.4 Å². The van der Waals surface area contributed by atoms with Gasteiger partial charge >= 0.3 is 0 Å². The van der Waals surface area contributed by atoms with Gasteiger partial charge in [-0.25, -0.2) is 8.78 Å². The lowest BCUT2D eigenvalue weighted by Crippen LogP contribution is -2.36. The van der Waals surface area contributed by atoms with E-state index in [1.165, 1.54) is 4.63 Å². The number of halogens is 2. The molecule has 6 nitrogen and oxygen atoms in total. The van der Waals surface area contributed by atoms with E-state index in [1.807, 2.05) is 0 Å². The van der Waals surface area contributed by atoms with Crippen molar-refractivity contribution in [3.63, 3.8) is 0 Å². The minimum atomic E-state index is -2.58. The molecule has 1 saturated carbocycles. The van der Waals surface area contributed by atoms with Crippen LogP contribution >= 0.6 is 0 Å². The Labute approximate surface area is 108 Å². The number of alkyl halides is 2. The molecule has 1 aliphatic rings. The van der Waals surface area contributed by atoms with Crippen LogP contribution in [0, 0.1) is 5.92 Å². The van der Waals surface area contributed by atoms with E-state index < -0.39 is 11.8 Å². The van der Waals surface area contributed by atoms with Gasteiger partial charge in [0.2, 0.25) is 0 Å². The Balaban J connectivity index is 1.67. The molecule has 0 aliphatic heterocycles. The van der Waals surface area contributed by atoms with Crippen molar-refractivity contribution in [2.75, 3.05) is 11.9 Å². The van der Waals surface area contributed by atoms with Crippen LogP contribution in [0.2, 0.25) is 0 Å². The molecule has 0 spiro atoms. The molecule has 2 heterocycles. The van der Waals surface area contributed by atoms with E-state index in [0.29, 0.717) is 24.3 Å². The number of fused-ring (bicyclic) bond motifs is 1. The average molecular weight is 268 g/mol. The maximum atomic E-state index is 13.7. The molecule has 0 amide bonds. The van der Waals surface area contributed by atoms with Crippen LogP contribution in [-0.2, 0) is 0 Å². The number of hydrogen-bond acceptors (Lipinski definition) is 5. The van der Waals surface area contributed by atoms with Gasteiger partial charge in [-0.3, -0.25) is 0 Å². The molecule has 0 radical (unpaired) electrons. The van der Waals surface area contributed by atoms with Crippen molar-refractivity contribution >= 4 is 11.5 Å². The molecule has 3 rings (SSSR count). The quantitative estimate of drug-likeness (QED) is 0.918. The van der Waals surface area contributed by atoms with E-state index in [0.717, 1.165) is 6.42 Å². The topological polar surface area (TPSA) is 68.0 Å². The molecule has 1 atom stereocenters. The molecule has 1 unspecified atom stereocenters. The standard InChI is InChI=1S/C11H14F2N6/c12-11(13)6-2-1-3-8(11)7-14-9-4-5-10-15-17-18-19(10)16-9/h4-5,8H,1-3,6-7H2,(H,14,16). The van der Waals surface area contributed by atoms with Crippen LogP contribution in [0.15, 0.2) is 12.1 Å². The third-order valence-electron chi connectivity index (χ3n) is 3.51. The molecule has 2 aromatic rings. The molecule has 1 aliphatic carbocycles. The van der Waals surface area contributed by atoms with Gasteiger partial charge in [0.15, 0.2) is 5.65 Å². The first kappa shape index (κ1) is 12.2. The molecule has 1 fully saturated rings. The Morgan fingerprint density at radius 1 is 1.37 bits per heavy atom. The van der Waals surface area contributed by atoms with Gasteiger partial charge in [0.1, 0.15) is 5.82 Å². The highest BCUT2D eigenvalue weighted by atomic mass is 19.3. The van der Waals surface area contributed by atoms with Crippen LogP contribution in [0.4, 0.5) is 14.6 Å². The zero-order valence-electron chi connectivity index (χ0n) is 10.3. The van der Waals surface area contributed by atoms with Gasteiger partial charge in [0.25, 0.3) is 5.92 Å². The van der Waals surface area contributed by atoms with Gasteiger partial charge in [-0.1, -0.05) is 6.42 Å². The predicted molar refractivity (Wildman–Crippen MR) is 64.0 cm³/mol. The van der Waals surface area contributed by atoms with Crippen LogP contribution in [0.1, 0.15) is 25.7 Å². The second-order valence-corrected chi connectivity index (χ2v) is 4.83. The van der Waals surface area contributed by atoms with Gasteiger partial charge in [0, 0.05) is 18.9 Å². The van der Waals surface area contributed by atoms with E-state index in [4.69, 9.17) is 0 Å². The summed E-state index contributed by atoms with van der Waals surface area (Å²) in [6.07, 6.45) is 2.01. The molecule has 0 aromatic carbocycles. The van der Waals surface area contributed by atoms with E-state index >= 15 is 0 Å². The number of nitrogens with one attached hydrogen (secondary N) is 1. The summed E-state index contributed by atoms with van der Waals surface area (Å²) < 4.78 is 28.6. The number of rotatable bonds is 3. The van der Waals surface area contributed by atoms with Gasteiger partial charge in [-0.2, -0.15) is 0 Å². The fourth-order valence-electron chi connectivity index (χ4n) is 2.39. The summed E-state index contributed by atoms with van der Waals surface area (Å²) in [5.74, 6) is -2.71. The molecule has 2 aromatic heterocycles. The molecule has 8 heteroatoms. The average Bonchev–Trinajstić information content (AvgIpc) is 2.84. The zero-order valence-corrected chi connectivity index (χ0v) is 10.3. The Kier molecular flexibility index (Phi) is 3.00. The highest BCUT2D eigenvalue weighted by molar-refractivity contribution is 5.42. The number of hydrogen-bond donors (Lipinski definition) is 1. The van der Waals surface area contributed by atoms with Crippen molar-refractivity contribution in [3.05, 3.63) is 12.1 Å². The first-order valence-corrected chi connectivity index (χ1v) is 6.32. The molecule has 102 valence electrons. The summed E-state index contributed by atoms with van der Waals surface area (Å²) in [5.41, 5.74) is 0.522. The number of anilines is 1. The molecule has 0 saturated heterocycles. The van der Waals surface area contributed by atoms with Crippen LogP contribution in [0.3, 0.4) is 0 Å². The van der Waals surface area contributed by atoms with Crippen molar-refractivity contribution < 1.29 is 8.78 Å². The summed E-state index contributed by atoms with van der Waals surface area (Å²) >= 11 is 0. The van der Waals surface area contributed by atoms with Crippen LogP contribution < -0.4 is 5.32 Å². The zero-order chi connectivity index (χ0) is 13.3. The second-order valence-electron chi connectivity index (χ2n) is 4.83. The first-order chi connectivity index (χ1) is 9.15. The normalized spacial score (nSPS) is 22.5. The Bertz CT molecular complexity index is 569. The predicted octanol–water partition coefficient (Wildman–Crippen LogP) is 1.76. The molecular weight excluding hydrogens is 254 g/mol. The monoisotopic (exact) mass is 268 g/mol. The summed E-state index contributed by atoms with van der Waals surface area (Å²) in [4.78, 5) is 0.